The molecule has 0 fully saturated rings. The molecule has 8 nitrogen and oxygen atoms in total. The average molecular weight is 352 g/mol. The van der Waals surface area contributed by atoms with Crippen LogP contribution in [0, 0.1) is 11.8 Å². The summed E-state index contributed by atoms with van der Waals surface area (Å²) < 4.78 is 17.4. The van der Waals surface area contributed by atoms with Crippen molar-refractivity contribution in [3.05, 3.63) is 0 Å². The van der Waals surface area contributed by atoms with Crippen LogP contribution in [0.5, 0.6) is 0 Å². The summed E-state index contributed by atoms with van der Waals surface area (Å²) in [5.41, 5.74) is -0.838. The highest BCUT2D eigenvalue weighted by Gasteiger charge is 2.27. The molecule has 134 valence electrons. The maximum Gasteiger partial charge on any atom is 0.307 e. The van der Waals surface area contributed by atoms with Crippen molar-refractivity contribution < 1.29 is 38.8 Å². The zero-order chi connectivity index (χ0) is 18.2. The largest absolute Gasteiger partial charge is 0.481 e. The molecule has 0 aliphatic carbocycles. The fourth-order valence-electron chi connectivity index (χ4n) is 1.90. The van der Waals surface area contributed by atoms with Gasteiger partial charge in [0.2, 0.25) is 0 Å². The number of aliphatic carboxylic acids is 3. The molecule has 3 unspecified atom stereocenters. The summed E-state index contributed by atoms with van der Waals surface area (Å²) in [5.74, 6) is -4.83. The Morgan fingerprint density at radius 1 is 1.09 bits per heavy atom. The molecule has 3 N–H and O–H groups in total. The second-order valence-electron chi connectivity index (χ2n) is 6.18. The lowest BCUT2D eigenvalue weighted by atomic mass is 9.96. The number of carboxylic acid groups (broad SMARTS) is 3. The van der Waals surface area contributed by atoms with Crippen molar-refractivity contribution in [3.8, 4) is 0 Å². The maximum absolute atomic E-state index is 12.0. The van der Waals surface area contributed by atoms with Gasteiger partial charge in [0.1, 0.15) is 0 Å². The standard InChI is InChI=1S/C14H25O8P/c1-9(12(17)18)6-7-14(2,3)22-23(21)8-10(13(19)20)4-5-11(15)16/h9-10,23H,4-8H2,1-3H3,(H,15,16)(H,17,18)(H,19,20). The van der Waals surface area contributed by atoms with Gasteiger partial charge in [-0.3, -0.25) is 18.9 Å². The van der Waals surface area contributed by atoms with Crippen molar-refractivity contribution in [1.29, 1.82) is 0 Å². The molecule has 0 aliphatic heterocycles. The van der Waals surface area contributed by atoms with Crippen LogP contribution in [-0.4, -0.2) is 45.0 Å². The summed E-state index contributed by atoms with van der Waals surface area (Å²) in [6.07, 6.45) is 0.0559. The van der Waals surface area contributed by atoms with Crippen molar-refractivity contribution in [2.45, 2.75) is 52.1 Å². The first-order valence-electron chi connectivity index (χ1n) is 7.34. The van der Waals surface area contributed by atoms with Gasteiger partial charge in [-0.2, -0.15) is 0 Å². The molecule has 0 aliphatic rings. The van der Waals surface area contributed by atoms with Gasteiger partial charge in [0.25, 0.3) is 0 Å². The van der Waals surface area contributed by atoms with Gasteiger partial charge in [-0.05, 0) is 33.1 Å². The monoisotopic (exact) mass is 352 g/mol. The molecule has 0 saturated carbocycles. The molecule has 0 aromatic rings. The van der Waals surface area contributed by atoms with Gasteiger partial charge in [-0.25, -0.2) is 0 Å². The first-order valence-corrected chi connectivity index (χ1v) is 8.86. The number of hydrogen-bond donors (Lipinski definition) is 3. The van der Waals surface area contributed by atoms with E-state index in [9.17, 15) is 18.9 Å². The summed E-state index contributed by atoms with van der Waals surface area (Å²) in [7, 11) is -2.68. The summed E-state index contributed by atoms with van der Waals surface area (Å²) in [6.45, 7) is 4.89. The Morgan fingerprint density at radius 3 is 2.09 bits per heavy atom. The average Bonchev–Trinajstić information content (AvgIpc) is 2.39. The third-order valence-corrected chi connectivity index (χ3v) is 5.07. The van der Waals surface area contributed by atoms with Crippen molar-refractivity contribution in [2.75, 3.05) is 6.16 Å². The summed E-state index contributed by atoms with van der Waals surface area (Å²) in [4.78, 5) is 32.3. The van der Waals surface area contributed by atoms with Crippen LogP contribution in [0.15, 0.2) is 0 Å². The number of carboxylic acids is 3. The van der Waals surface area contributed by atoms with E-state index in [0.29, 0.717) is 12.8 Å². The smallest absolute Gasteiger partial charge is 0.307 e. The van der Waals surface area contributed by atoms with E-state index in [4.69, 9.17) is 19.8 Å². The van der Waals surface area contributed by atoms with Crippen LogP contribution < -0.4 is 0 Å². The Labute approximate surface area is 135 Å². The molecule has 0 aromatic heterocycles. The van der Waals surface area contributed by atoms with Crippen LogP contribution in [0.3, 0.4) is 0 Å². The Hall–Kier alpha value is -1.40. The molecule has 0 spiro atoms. The van der Waals surface area contributed by atoms with E-state index < -0.39 is 43.4 Å². The molecule has 0 radical (unpaired) electrons. The van der Waals surface area contributed by atoms with Gasteiger partial charge in [-0.15, -0.1) is 0 Å². The Bertz CT molecular complexity index is 460. The highest BCUT2D eigenvalue weighted by molar-refractivity contribution is 7.39. The van der Waals surface area contributed by atoms with Gasteiger partial charge < -0.3 is 19.8 Å². The van der Waals surface area contributed by atoms with Crippen molar-refractivity contribution >= 4 is 25.9 Å². The zero-order valence-electron chi connectivity index (χ0n) is 13.6. The maximum atomic E-state index is 12.0. The van der Waals surface area contributed by atoms with Crippen LogP contribution >= 0.6 is 8.03 Å². The van der Waals surface area contributed by atoms with E-state index in [1.165, 1.54) is 0 Å². The van der Waals surface area contributed by atoms with E-state index >= 15 is 0 Å². The lowest BCUT2D eigenvalue weighted by molar-refractivity contribution is -0.143. The SMILES string of the molecule is CC(CCC(C)(C)O[PH](=O)CC(CCC(=O)O)C(=O)O)C(=O)O. The first kappa shape index (κ1) is 21.6. The Kier molecular flexibility index (Phi) is 9.09. The van der Waals surface area contributed by atoms with Crippen LogP contribution in [0.4, 0.5) is 0 Å². The third kappa shape index (κ3) is 10.1. The molecule has 9 heteroatoms. The molecule has 0 saturated heterocycles. The lowest BCUT2D eigenvalue weighted by Gasteiger charge is -2.26. The second kappa shape index (κ2) is 9.67. The molecular formula is C14H25O8P. The molecule has 0 heterocycles. The molecule has 23 heavy (non-hydrogen) atoms. The molecule has 0 rings (SSSR count). The Balaban J connectivity index is 4.49. The van der Waals surface area contributed by atoms with Crippen molar-refractivity contribution in [3.63, 3.8) is 0 Å². The lowest BCUT2D eigenvalue weighted by Crippen LogP contribution is -2.25. The topological polar surface area (TPSA) is 138 Å². The van der Waals surface area contributed by atoms with Crippen LogP contribution in [0.1, 0.15) is 46.5 Å². The first-order chi connectivity index (χ1) is 10.4. The van der Waals surface area contributed by atoms with Gasteiger partial charge >= 0.3 is 17.9 Å². The van der Waals surface area contributed by atoms with Crippen LogP contribution in [-0.2, 0) is 23.5 Å². The molecule has 3 atom stereocenters. The number of rotatable bonds is 12. The van der Waals surface area contributed by atoms with E-state index in [2.05, 4.69) is 0 Å². The van der Waals surface area contributed by atoms with Gasteiger partial charge in [-0.1, -0.05) is 6.92 Å². The highest BCUT2D eigenvalue weighted by atomic mass is 31.1. The van der Waals surface area contributed by atoms with Crippen molar-refractivity contribution in [2.24, 2.45) is 11.8 Å². The molecule has 0 aromatic carbocycles. The minimum Gasteiger partial charge on any atom is -0.481 e. The normalized spacial score (nSPS) is 15.6. The van der Waals surface area contributed by atoms with E-state index in [0.717, 1.165) is 0 Å². The fraction of sp³-hybridized carbons (Fsp3) is 0.786. The Morgan fingerprint density at radius 2 is 1.65 bits per heavy atom. The summed E-state index contributed by atoms with van der Waals surface area (Å²) in [6, 6.07) is 0. The number of carbonyl (C=O) groups is 3. The highest BCUT2D eigenvalue weighted by Crippen LogP contribution is 2.36. The predicted molar refractivity (Wildman–Crippen MR) is 83.1 cm³/mol. The minimum absolute atomic E-state index is 0.110. The molecule has 0 bridgehead atoms. The van der Waals surface area contributed by atoms with Gasteiger partial charge in [0, 0.05) is 12.6 Å². The van der Waals surface area contributed by atoms with Crippen LogP contribution in [0.2, 0.25) is 0 Å². The third-order valence-electron chi connectivity index (χ3n) is 3.46. The number of hydrogen-bond acceptors (Lipinski definition) is 5. The summed E-state index contributed by atoms with van der Waals surface area (Å²) >= 11 is 0. The predicted octanol–water partition coefficient (Wildman–Crippen LogP) is 2.32. The molecule has 0 amide bonds. The van der Waals surface area contributed by atoms with Crippen molar-refractivity contribution in [1.82, 2.24) is 0 Å². The van der Waals surface area contributed by atoms with Crippen LogP contribution in [0.25, 0.3) is 0 Å². The van der Waals surface area contributed by atoms with E-state index in [1.54, 1.807) is 20.8 Å². The quantitative estimate of drug-likeness (QED) is 0.455. The van der Waals surface area contributed by atoms with Gasteiger partial charge in [0.05, 0.1) is 17.4 Å². The summed E-state index contributed by atoms with van der Waals surface area (Å²) in [5, 5.41) is 26.5. The van der Waals surface area contributed by atoms with Gasteiger partial charge in [0.15, 0.2) is 8.03 Å². The zero-order valence-corrected chi connectivity index (χ0v) is 14.6. The minimum atomic E-state index is -2.68. The van der Waals surface area contributed by atoms with E-state index in [1.807, 2.05) is 0 Å². The van der Waals surface area contributed by atoms with E-state index in [-0.39, 0.29) is 19.0 Å². The second-order valence-corrected chi connectivity index (χ2v) is 7.54. The fourth-order valence-corrected chi connectivity index (χ4v) is 3.48. The molecular weight excluding hydrogens is 327 g/mol.